The van der Waals surface area contributed by atoms with Gasteiger partial charge in [0, 0.05) is 11.6 Å². The second-order valence-corrected chi connectivity index (χ2v) is 3.08. The number of nitrogens with two attached hydrogens (primary N) is 1. The molecule has 0 heterocycles. The number of methoxy groups -OCH3 is 2. The maximum absolute atomic E-state index is 13.3. The second kappa shape index (κ2) is 5.16. The molecule has 0 aliphatic rings. The van der Waals surface area contributed by atoms with Gasteiger partial charge < -0.3 is 9.47 Å². The summed E-state index contributed by atoms with van der Waals surface area (Å²) in [7, 11) is 2.82. The van der Waals surface area contributed by atoms with E-state index in [9.17, 15) is 4.39 Å². The Bertz CT molecular complexity index is 360. The van der Waals surface area contributed by atoms with Gasteiger partial charge in [-0.2, -0.15) is 0 Å². The zero-order valence-electron chi connectivity index (χ0n) is 8.34. The Labute approximate surface area is 91.6 Å². The molecular weight excluding hydrogens is 225 g/mol. The zero-order chi connectivity index (χ0) is 11.4. The molecule has 0 aromatic heterocycles. The highest BCUT2D eigenvalue weighted by Crippen LogP contribution is 2.38. The lowest BCUT2D eigenvalue weighted by Gasteiger charge is -2.13. The standard InChI is InChI=1S/C9H11ClFNO3/c1-13-7-3-6(11)8(10)5(4-15-12)9(7)14-2/h3H,4,12H2,1-2H3. The third-order valence-electron chi connectivity index (χ3n) is 1.88. The van der Waals surface area contributed by atoms with E-state index in [4.69, 9.17) is 27.0 Å². The Morgan fingerprint density at radius 2 is 2.07 bits per heavy atom. The lowest BCUT2D eigenvalue weighted by atomic mass is 10.2. The van der Waals surface area contributed by atoms with Crippen LogP contribution in [-0.4, -0.2) is 14.2 Å². The highest BCUT2D eigenvalue weighted by molar-refractivity contribution is 6.31. The van der Waals surface area contributed by atoms with Crippen LogP contribution in [0.1, 0.15) is 5.56 Å². The Morgan fingerprint density at radius 3 is 2.53 bits per heavy atom. The Hall–Kier alpha value is -1.04. The summed E-state index contributed by atoms with van der Waals surface area (Å²) < 4.78 is 23.3. The Morgan fingerprint density at radius 1 is 1.40 bits per heavy atom. The van der Waals surface area contributed by atoms with E-state index in [1.54, 1.807) is 0 Å². The topological polar surface area (TPSA) is 53.7 Å². The van der Waals surface area contributed by atoms with E-state index >= 15 is 0 Å². The molecule has 6 heteroatoms. The van der Waals surface area contributed by atoms with Gasteiger partial charge in [-0.3, -0.25) is 4.84 Å². The molecule has 0 aliphatic heterocycles. The van der Waals surface area contributed by atoms with Crippen molar-refractivity contribution in [1.29, 1.82) is 0 Å². The summed E-state index contributed by atoms with van der Waals surface area (Å²) in [6, 6.07) is 1.14. The van der Waals surface area contributed by atoms with E-state index in [-0.39, 0.29) is 17.4 Å². The zero-order valence-corrected chi connectivity index (χ0v) is 9.10. The van der Waals surface area contributed by atoms with Crippen LogP contribution in [-0.2, 0) is 11.4 Å². The molecule has 2 N–H and O–H groups in total. The van der Waals surface area contributed by atoms with Crippen molar-refractivity contribution in [3.8, 4) is 11.5 Å². The molecule has 0 radical (unpaired) electrons. The SMILES string of the molecule is COc1cc(F)c(Cl)c(CON)c1OC. The van der Waals surface area contributed by atoms with Crippen LogP contribution in [0.25, 0.3) is 0 Å². The third-order valence-corrected chi connectivity index (χ3v) is 2.29. The molecule has 0 amide bonds. The molecule has 0 fully saturated rings. The summed E-state index contributed by atoms with van der Waals surface area (Å²) in [5.74, 6) is 4.86. The van der Waals surface area contributed by atoms with Gasteiger partial charge in [-0.1, -0.05) is 11.6 Å². The van der Waals surface area contributed by atoms with Gasteiger partial charge in [-0.05, 0) is 0 Å². The summed E-state index contributed by atoms with van der Waals surface area (Å²) in [6.07, 6.45) is 0. The fourth-order valence-electron chi connectivity index (χ4n) is 1.22. The van der Waals surface area contributed by atoms with Gasteiger partial charge in [-0.25, -0.2) is 10.3 Å². The van der Waals surface area contributed by atoms with Gasteiger partial charge in [0.05, 0.1) is 25.8 Å². The predicted molar refractivity (Wildman–Crippen MR) is 53.5 cm³/mol. The van der Waals surface area contributed by atoms with E-state index in [1.807, 2.05) is 0 Å². The van der Waals surface area contributed by atoms with Gasteiger partial charge in [-0.15, -0.1) is 0 Å². The van der Waals surface area contributed by atoms with Crippen LogP contribution in [0.5, 0.6) is 11.5 Å². The minimum absolute atomic E-state index is 0.0594. The first-order valence-electron chi connectivity index (χ1n) is 4.06. The fraction of sp³-hybridized carbons (Fsp3) is 0.333. The number of hydrogen-bond acceptors (Lipinski definition) is 4. The molecule has 0 aliphatic carbocycles. The van der Waals surface area contributed by atoms with Gasteiger partial charge >= 0.3 is 0 Å². The van der Waals surface area contributed by atoms with Crippen LogP contribution < -0.4 is 15.4 Å². The first-order chi connectivity index (χ1) is 7.15. The summed E-state index contributed by atoms with van der Waals surface area (Å²) in [5, 5.41) is -0.0851. The van der Waals surface area contributed by atoms with Crippen molar-refractivity contribution in [2.24, 2.45) is 5.90 Å². The molecule has 0 atom stereocenters. The van der Waals surface area contributed by atoms with Crippen molar-refractivity contribution in [3.05, 3.63) is 22.5 Å². The van der Waals surface area contributed by atoms with Crippen LogP contribution in [0.4, 0.5) is 4.39 Å². The fourth-order valence-corrected chi connectivity index (χ4v) is 1.42. The molecule has 84 valence electrons. The van der Waals surface area contributed by atoms with E-state index in [2.05, 4.69) is 4.84 Å². The maximum atomic E-state index is 13.3. The predicted octanol–water partition coefficient (Wildman–Crippen LogP) is 1.89. The average Bonchev–Trinajstić information content (AvgIpc) is 2.24. The molecule has 0 bridgehead atoms. The third kappa shape index (κ3) is 2.31. The lowest BCUT2D eigenvalue weighted by Crippen LogP contribution is -2.04. The quantitative estimate of drug-likeness (QED) is 0.810. The van der Waals surface area contributed by atoms with Crippen LogP contribution in [0.2, 0.25) is 5.02 Å². The number of halogens is 2. The van der Waals surface area contributed by atoms with Crippen molar-refractivity contribution < 1.29 is 18.7 Å². The molecule has 4 nitrogen and oxygen atoms in total. The number of ether oxygens (including phenoxy) is 2. The number of benzene rings is 1. The van der Waals surface area contributed by atoms with Crippen LogP contribution in [0.15, 0.2) is 6.07 Å². The van der Waals surface area contributed by atoms with E-state index in [0.717, 1.165) is 6.07 Å². The molecule has 1 aromatic rings. The maximum Gasteiger partial charge on any atom is 0.168 e. The van der Waals surface area contributed by atoms with E-state index in [0.29, 0.717) is 11.3 Å². The Kier molecular flexibility index (Phi) is 4.14. The highest BCUT2D eigenvalue weighted by atomic mass is 35.5. The van der Waals surface area contributed by atoms with E-state index in [1.165, 1.54) is 14.2 Å². The monoisotopic (exact) mass is 235 g/mol. The van der Waals surface area contributed by atoms with Crippen LogP contribution in [0, 0.1) is 5.82 Å². The van der Waals surface area contributed by atoms with E-state index < -0.39 is 5.82 Å². The summed E-state index contributed by atoms with van der Waals surface area (Å²) in [4.78, 5) is 4.42. The van der Waals surface area contributed by atoms with Crippen molar-refractivity contribution >= 4 is 11.6 Å². The second-order valence-electron chi connectivity index (χ2n) is 2.70. The van der Waals surface area contributed by atoms with Gasteiger partial charge in [0.15, 0.2) is 11.5 Å². The minimum atomic E-state index is -0.610. The molecule has 0 saturated carbocycles. The molecule has 1 aromatic carbocycles. The molecular formula is C9H11ClFNO3. The lowest BCUT2D eigenvalue weighted by molar-refractivity contribution is 0.121. The normalized spacial score (nSPS) is 10.2. The smallest absolute Gasteiger partial charge is 0.168 e. The number of hydrogen-bond donors (Lipinski definition) is 1. The van der Waals surface area contributed by atoms with Crippen molar-refractivity contribution in [2.75, 3.05) is 14.2 Å². The molecule has 1 rings (SSSR count). The molecule has 0 unspecified atom stereocenters. The summed E-state index contributed by atoms with van der Waals surface area (Å²) >= 11 is 5.74. The van der Waals surface area contributed by atoms with Gasteiger partial charge in [0.1, 0.15) is 5.82 Å². The average molecular weight is 236 g/mol. The molecule has 0 spiro atoms. The van der Waals surface area contributed by atoms with Crippen LogP contribution in [0.3, 0.4) is 0 Å². The van der Waals surface area contributed by atoms with Crippen molar-refractivity contribution in [3.63, 3.8) is 0 Å². The van der Waals surface area contributed by atoms with Crippen molar-refractivity contribution in [1.82, 2.24) is 0 Å². The molecule has 0 saturated heterocycles. The van der Waals surface area contributed by atoms with Gasteiger partial charge in [0.2, 0.25) is 0 Å². The Balaban J connectivity index is 3.35. The number of rotatable bonds is 4. The van der Waals surface area contributed by atoms with Crippen LogP contribution >= 0.6 is 11.6 Å². The summed E-state index contributed by atoms with van der Waals surface area (Å²) in [6.45, 7) is -0.0594. The molecule has 15 heavy (non-hydrogen) atoms. The summed E-state index contributed by atoms with van der Waals surface area (Å²) in [5.41, 5.74) is 0.318. The largest absolute Gasteiger partial charge is 0.493 e. The van der Waals surface area contributed by atoms with Gasteiger partial charge in [0.25, 0.3) is 0 Å². The first kappa shape index (κ1) is 12.0. The minimum Gasteiger partial charge on any atom is -0.493 e. The highest BCUT2D eigenvalue weighted by Gasteiger charge is 2.18. The van der Waals surface area contributed by atoms with Crippen molar-refractivity contribution in [2.45, 2.75) is 6.61 Å². The first-order valence-corrected chi connectivity index (χ1v) is 4.44.